The monoisotopic (exact) mass is 816 g/mol. The molecule has 0 atom stereocenters. The summed E-state index contributed by atoms with van der Waals surface area (Å²) in [6, 6.07) is 96.2. The molecule has 0 heterocycles. The third-order valence-corrected chi connectivity index (χ3v) is 12.3. The van der Waals surface area contributed by atoms with Gasteiger partial charge in [-0.1, -0.05) is 206 Å². The van der Waals surface area contributed by atoms with Gasteiger partial charge < -0.3 is 9.80 Å². The van der Waals surface area contributed by atoms with Gasteiger partial charge in [0.05, 0.1) is 11.4 Å². The lowest BCUT2D eigenvalue weighted by Crippen LogP contribution is -2.10. The fraction of sp³-hybridized carbons (Fsp3) is 0. The number of hydrogen-bond donors (Lipinski definition) is 0. The molecule has 11 aromatic carbocycles. The SMILES string of the molecule is c1ccc(-c2ccc(-c3ccc(N(c4ccc(-c5ccc(N(c6ccc(-c7ccccc7)cc6)c6cccc7ccccc67)cc5)cc4)c4cccc5ccccc45)cc3)cc2)cc1. The molecule has 2 heteroatoms. The third-order valence-electron chi connectivity index (χ3n) is 12.3. The van der Waals surface area contributed by atoms with Gasteiger partial charge in [0.25, 0.3) is 0 Å². The molecule has 0 aliphatic heterocycles. The first-order valence-corrected chi connectivity index (χ1v) is 21.9. The van der Waals surface area contributed by atoms with Crippen molar-refractivity contribution in [3.63, 3.8) is 0 Å². The van der Waals surface area contributed by atoms with Crippen molar-refractivity contribution >= 4 is 55.7 Å². The van der Waals surface area contributed by atoms with Gasteiger partial charge in [0.2, 0.25) is 0 Å². The van der Waals surface area contributed by atoms with E-state index in [9.17, 15) is 0 Å². The summed E-state index contributed by atoms with van der Waals surface area (Å²) in [5, 5.41) is 4.84. The standard InChI is InChI=1S/C62H44N2/c1-3-13-45(14-4-1)47-25-27-48(28-26-47)50-31-39-56(40-32-50)64(62-24-12-20-54-18-8-10-22-60(54)62)58-43-35-52(36-44-58)51-33-41-57(42-34-51)63(61-23-11-19-53-17-7-9-21-59(53)61)55-37-29-49(30-38-55)46-15-5-2-6-16-46/h1-44H. The van der Waals surface area contributed by atoms with Crippen molar-refractivity contribution in [3.05, 3.63) is 267 Å². The van der Waals surface area contributed by atoms with Gasteiger partial charge in [-0.15, -0.1) is 0 Å². The zero-order chi connectivity index (χ0) is 42.7. The molecular weight excluding hydrogens is 773 g/mol. The smallest absolute Gasteiger partial charge is 0.0540 e. The highest BCUT2D eigenvalue weighted by Gasteiger charge is 2.18. The van der Waals surface area contributed by atoms with E-state index in [0.717, 1.165) is 45.3 Å². The lowest BCUT2D eigenvalue weighted by Gasteiger charge is -2.28. The number of nitrogens with zero attached hydrogens (tertiary/aromatic N) is 2. The fourth-order valence-electron chi connectivity index (χ4n) is 8.99. The average Bonchev–Trinajstić information content (AvgIpc) is 3.38. The molecule has 0 aromatic heterocycles. The Labute approximate surface area is 375 Å². The van der Waals surface area contributed by atoms with Gasteiger partial charge in [-0.3, -0.25) is 0 Å². The summed E-state index contributed by atoms with van der Waals surface area (Å²) in [5.74, 6) is 0. The van der Waals surface area contributed by atoms with Crippen LogP contribution in [0, 0.1) is 0 Å². The van der Waals surface area contributed by atoms with E-state index in [4.69, 9.17) is 0 Å². The molecule has 0 spiro atoms. The van der Waals surface area contributed by atoms with Crippen molar-refractivity contribution in [2.24, 2.45) is 0 Å². The fourth-order valence-corrected chi connectivity index (χ4v) is 8.99. The molecule has 0 N–H and O–H groups in total. The molecule has 0 saturated carbocycles. The molecule has 0 bridgehead atoms. The molecule has 0 amide bonds. The molecule has 0 aliphatic carbocycles. The second kappa shape index (κ2) is 17.1. The minimum atomic E-state index is 1.10. The van der Waals surface area contributed by atoms with Gasteiger partial charge in [-0.2, -0.15) is 0 Å². The quantitative estimate of drug-likeness (QED) is 0.136. The Kier molecular flexibility index (Phi) is 10.3. The van der Waals surface area contributed by atoms with Crippen LogP contribution in [-0.2, 0) is 0 Å². The van der Waals surface area contributed by atoms with Crippen LogP contribution in [0.5, 0.6) is 0 Å². The van der Waals surface area contributed by atoms with Crippen LogP contribution in [0.2, 0.25) is 0 Å². The Morgan fingerprint density at radius 1 is 0.172 bits per heavy atom. The Bertz CT molecular complexity index is 3310. The predicted molar refractivity (Wildman–Crippen MR) is 273 cm³/mol. The van der Waals surface area contributed by atoms with Crippen LogP contribution in [0.1, 0.15) is 0 Å². The number of rotatable bonds is 10. The molecule has 0 unspecified atom stereocenters. The van der Waals surface area contributed by atoms with Gasteiger partial charge in [0.15, 0.2) is 0 Å². The zero-order valence-electron chi connectivity index (χ0n) is 35.3. The Morgan fingerprint density at radius 3 is 0.719 bits per heavy atom. The van der Waals surface area contributed by atoms with Crippen molar-refractivity contribution in [2.45, 2.75) is 0 Å². The summed E-state index contributed by atoms with van der Waals surface area (Å²) in [4.78, 5) is 4.75. The second-order valence-corrected chi connectivity index (χ2v) is 16.2. The first kappa shape index (κ1) is 38.5. The Morgan fingerprint density at radius 2 is 0.406 bits per heavy atom. The first-order valence-electron chi connectivity index (χ1n) is 21.9. The summed E-state index contributed by atoms with van der Waals surface area (Å²) < 4.78 is 0. The van der Waals surface area contributed by atoms with E-state index in [-0.39, 0.29) is 0 Å². The number of anilines is 6. The number of fused-ring (bicyclic) bond motifs is 2. The van der Waals surface area contributed by atoms with E-state index >= 15 is 0 Å². The maximum atomic E-state index is 2.38. The average molecular weight is 817 g/mol. The molecule has 11 aromatic rings. The van der Waals surface area contributed by atoms with E-state index < -0.39 is 0 Å². The van der Waals surface area contributed by atoms with Gasteiger partial charge in [-0.25, -0.2) is 0 Å². The predicted octanol–water partition coefficient (Wildman–Crippen LogP) is 17.6. The minimum absolute atomic E-state index is 1.10. The van der Waals surface area contributed by atoms with Crippen LogP contribution in [-0.4, -0.2) is 0 Å². The zero-order valence-corrected chi connectivity index (χ0v) is 35.3. The largest absolute Gasteiger partial charge is 0.310 e. The van der Waals surface area contributed by atoms with Crippen LogP contribution in [0.3, 0.4) is 0 Å². The molecule has 0 fully saturated rings. The van der Waals surface area contributed by atoms with Crippen molar-refractivity contribution in [2.75, 3.05) is 9.80 Å². The molecule has 64 heavy (non-hydrogen) atoms. The van der Waals surface area contributed by atoms with Gasteiger partial charge in [0.1, 0.15) is 0 Å². The molecule has 11 rings (SSSR count). The van der Waals surface area contributed by atoms with Crippen molar-refractivity contribution < 1.29 is 0 Å². The highest BCUT2D eigenvalue weighted by molar-refractivity contribution is 6.00. The van der Waals surface area contributed by atoms with Crippen molar-refractivity contribution in [1.82, 2.24) is 0 Å². The topological polar surface area (TPSA) is 6.48 Å². The lowest BCUT2D eigenvalue weighted by molar-refractivity contribution is 1.29. The highest BCUT2D eigenvalue weighted by Crippen LogP contribution is 2.42. The molecule has 0 radical (unpaired) electrons. The summed E-state index contributed by atoms with van der Waals surface area (Å²) >= 11 is 0. The van der Waals surface area contributed by atoms with E-state index in [2.05, 4.69) is 277 Å². The van der Waals surface area contributed by atoms with Crippen LogP contribution >= 0.6 is 0 Å². The van der Waals surface area contributed by atoms with E-state index in [1.807, 2.05) is 0 Å². The van der Waals surface area contributed by atoms with Crippen molar-refractivity contribution in [3.8, 4) is 44.5 Å². The molecule has 0 saturated heterocycles. The van der Waals surface area contributed by atoms with E-state index in [1.165, 1.54) is 54.9 Å². The third kappa shape index (κ3) is 7.59. The highest BCUT2D eigenvalue weighted by atomic mass is 15.1. The summed E-state index contributed by atoms with van der Waals surface area (Å²) in [7, 11) is 0. The normalized spacial score (nSPS) is 11.1. The minimum Gasteiger partial charge on any atom is -0.310 e. The van der Waals surface area contributed by atoms with Crippen LogP contribution in [0.25, 0.3) is 66.1 Å². The maximum absolute atomic E-state index is 2.38. The molecular formula is C62H44N2. The van der Waals surface area contributed by atoms with Gasteiger partial charge >= 0.3 is 0 Å². The molecule has 302 valence electrons. The molecule has 2 nitrogen and oxygen atoms in total. The summed E-state index contributed by atoms with van der Waals surface area (Å²) in [6.45, 7) is 0. The Hall–Kier alpha value is -8.46. The van der Waals surface area contributed by atoms with Crippen LogP contribution < -0.4 is 9.80 Å². The lowest BCUT2D eigenvalue weighted by atomic mass is 9.99. The summed E-state index contributed by atoms with van der Waals surface area (Å²) in [6.07, 6.45) is 0. The van der Waals surface area contributed by atoms with Crippen LogP contribution in [0.4, 0.5) is 34.1 Å². The first-order chi connectivity index (χ1) is 31.7. The van der Waals surface area contributed by atoms with Crippen molar-refractivity contribution in [1.29, 1.82) is 0 Å². The van der Waals surface area contributed by atoms with Crippen LogP contribution in [0.15, 0.2) is 267 Å². The maximum Gasteiger partial charge on any atom is 0.0540 e. The van der Waals surface area contributed by atoms with Gasteiger partial charge in [-0.05, 0) is 116 Å². The van der Waals surface area contributed by atoms with E-state index in [0.29, 0.717) is 0 Å². The second-order valence-electron chi connectivity index (χ2n) is 16.2. The Balaban J connectivity index is 0.921. The number of hydrogen-bond acceptors (Lipinski definition) is 2. The molecule has 0 aliphatic rings. The van der Waals surface area contributed by atoms with Gasteiger partial charge in [0, 0.05) is 33.5 Å². The van der Waals surface area contributed by atoms with E-state index in [1.54, 1.807) is 0 Å². The number of benzene rings is 11. The summed E-state index contributed by atoms with van der Waals surface area (Å²) in [5.41, 5.74) is 16.2.